The zero-order valence-electron chi connectivity index (χ0n) is 8.38. The van der Waals surface area contributed by atoms with E-state index in [0.717, 1.165) is 0 Å². The molecule has 0 aromatic carbocycles. The van der Waals surface area contributed by atoms with Crippen LogP contribution in [-0.4, -0.2) is 30.8 Å². The van der Waals surface area contributed by atoms with E-state index in [1.807, 2.05) is 6.92 Å². The van der Waals surface area contributed by atoms with Crippen molar-refractivity contribution in [2.24, 2.45) is 11.5 Å². The van der Waals surface area contributed by atoms with Crippen molar-refractivity contribution in [2.75, 3.05) is 6.61 Å². The molecule has 0 heterocycles. The summed E-state index contributed by atoms with van der Waals surface area (Å²) in [5.41, 5.74) is 10.8. The van der Waals surface area contributed by atoms with Gasteiger partial charge in [-0.2, -0.15) is 13.2 Å². The first-order valence-electron chi connectivity index (χ1n) is 4.52. The largest absolute Gasteiger partial charge is 0.455 e. The van der Waals surface area contributed by atoms with Crippen LogP contribution in [0.3, 0.4) is 0 Å². The minimum absolute atomic E-state index is 0.461. The molecule has 0 saturated carbocycles. The third-order valence-corrected chi connectivity index (χ3v) is 1.73. The highest BCUT2D eigenvalue weighted by atomic mass is 19.4. The molecular formula is C8H15F3N2O2. The maximum absolute atomic E-state index is 11.7. The summed E-state index contributed by atoms with van der Waals surface area (Å²) in [6, 6.07) is -1.87. The Hall–Kier alpha value is -0.820. The number of ether oxygens (including phenoxy) is 1. The molecule has 0 fully saturated rings. The van der Waals surface area contributed by atoms with Gasteiger partial charge in [-0.05, 0) is 6.42 Å². The zero-order valence-corrected chi connectivity index (χ0v) is 8.38. The van der Waals surface area contributed by atoms with Gasteiger partial charge in [0.25, 0.3) is 0 Å². The predicted molar refractivity (Wildman–Crippen MR) is 47.9 cm³/mol. The van der Waals surface area contributed by atoms with E-state index in [2.05, 4.69) is 4.74 Å². The van der Waals surface area contributed by atoms with Crippen molar-refractivity contribution in [3.8, 4) is 0 Å². The Balaban J connectivity index is 3.99. The van der Waals surface area contributed by atoms with Crippen LogP contribution in [0.4, 0.5) is 13.2 Å². The van der Waals surface area contributed by atoms with Crippen molar-refractivity contribution in [3.63, 3.8) is 0 Å². The van der Waals surface area contributed by atoms with Gasteiger partial charge in [0.2, 0.25) is 0 Å². The molecule has 0 aliphatic heterocycles. The van der Waals surface area contributed by atoms with E-state index >= 15 is 0 Å². The summed E-state index contributed by atoms with van der Waals surface area (Å²) in [5, 5.41) is 0. The number of carbonyl (C=O) groups is 1. The maximum Gasteiger partial charge on any atom is 0.422 e. The molecule has 4 N–H and O–H groups in total. The topological polar surface area (TPSA) is 78.3 Å². The lowest BCUT2D eigenvalue weighted by atomic mass is 10.1. The molecular weight excluding hydrogens is 213 g/mol. The number of alkyl halides is 3. The normalized spacial score (nSPS) is 15.9. The highest BCUT2D eigenvalue weighted by Gasteiger charge is 2.31. The van der Waals surface area contributed by atoms with Crippen molar-refractivity contribution in [1.82, 2.24) is 0 Å². The van der Waals surface area contributed by atoms with E-state index in [1.54, 1.807) is 0 Å². The van der Waals surface area contributed by atoms with Gasteiger partial charge in [0.1, 0.15) is 6.04 Å². The van der Waals surface area contributed by atoms with E-state index in [4.69, 9.17) is 11.5 Å². The first-order chi connectivity index (χ1) is 6.78. The van der Waals surface area contributed by atoms with Crippen LogP contribution in [0.15, 0.2) is 0 Å². The number of esters is 1. The molecule has 90 valence electrons. The molecule has 4 nitrogen and oxygen atoms in total. The molecule has 2 atom stereocenters. The van der Waals surface area contributed by atoms with Crippen molar-refractivity contribution in [3.05, 3.63) is 0 Å². The van der Waals surface area contributed by atoms with Crippen LogP contribution >= 0.6 is 0 Å². The molecule has 15 heavy (non-hydrogen) atoms. The fourth-order valence-electron chi connectivity index (χ4n) is 0.937. The average molecular weight is 228 g/mol. The molecule has 2 unspecified atom stereocenters. The lowest BCUT2D eigenvalue weighted by molar-refractivity contribution is -0.187. The van der Waals surface area contributed by atoms with Crippen molar-refractivity contribution >= 4 is 5.97 Å². The molecule has 0 bridgehead atoms. The van der Waals surface area contributed by atoms with Crippen LogP contribution in [0.25, 0.3) is 0 Å². The van der Waals surface area contributed by atoms with Crippen molar-refractivity contribution in [2.45, 2.75) is 38.0 Å². The van der Waals surface area contributed by atoms with E-state index in [1.165, 1.54) is 0 Å². The zero-order chi connectivity index (χ0) is 12.1. The fraction of sp³-hybridized carbons (Fsp3) is 0.875. The van der Waals surface area contributed by atoms with Crippen LogP contribution in [-0.2, 0) is 9.53 Å². The average Bonchev–Trinajstić information content (AvgIpc) is 2.12. The molecule has 0 amide bonds. The molecule has 0 radical (unpaired) electrons. The molecule has 0 rings (SSSR count). The highest BCUT2D eigenvalue weighted by Crippen LogP contribution is 2.14. The second-order valence-corrected chi connectivity index (χ2v) is 3.20. The number of rotatable bonds is 5. The first kappa shape index (κ1) is 14.2. The Morgan fingerprint density at radius 2 is 1.93 bits per heavy atom. The quantitative estimate of drug-likeness (QED) is 0.673. The molecule has 0 aliphatic carbocycles. The molecule has 7 heteroatoms. The van der Waals surface area contributed by atoms with Crippen molar-refractivity contribution < 1.29 is 22.7 Å². The van der Waals surface area contributed by atoms with Gasteiger partial charge in [0, 0.05) is 6.04 Å². The Morgan fingerprint density at radius 1 is 1.40 bits per heavy atom. The van der Waals surface area contributed by atoms with Crippen LogP contribution in [0.1, 0.15) is 19.8 Å². The highest BCUT2D eigenvalue weighted by molar-refractivity contribution is 5.76. The van der Waals surface area contributed by atoms with Gasteiger partial charge in [0.05, 0.1) is 0 Å². The lowest BCUT2D eigenvalue weighted by Crippen LogP contribution is -2.48. The molecule has 0 aromatic heterocycles. The minimum atomic E-state index is -4.54. The van der Waals surface area contributed by atoms with Gasteiger partial charge in [-0.3, -0.25) is 4.79 Å². The van der Waals surface area contributed by atoms with Gasteiger partial charge < -0.3 is 16.2 Å². The second-order valence-electron chi connectivity index (χ2n) is 3.20. The Kier molecular flexibility index (Phi) is 5.59. The standard InChI is InChI=1S/C8H15F3N2O2/c1-2-3-5(12)6(13)7(14)15-4-8(9,10)11/h5-6H,2-4,12-13H2,1H3. The second kappa shape index (κ2) is 5.92. The summed E-state index contributed by atoms with van der Waals surface area (Å²) in [4.78, 5) is 11.0. The fourth-order valence-corrected chi connectivity index (χ4v) is 0.937. The SMILES string of the molecule is CCCC(N)C(N)C(=O)OCC(F)(F)F. The number of nitrogens with two attached hydrogens (primary N) is 2. The van der Waals surface area contributed by atoms with Gasteiger partial charge in [0.15, 0.2) is 6.61 Å². The lowest BCUT2D eigenvalue weighted by Gasteiger charge is -2.18. The van der Waals surface area contributed by atoms with Crippen LogP contribution in [0.5, 0.6) is 0 Å². The Labute approximate surface area is 85.7 Å². The van der Waals surface area contributed by atoms with Gasteiger partial charge in [-0.1, -0.05) is 13.3 Å². The van der Waals surface area contributed by atoms with Crippen LogP contribution in [0.2, 0.25) is 0 Å². The van der Waals surface area contributed by atoms with Gasteiger partial charge >= 0.3 is 12.1 Å². The van der Waals surface area contributed by atoms with Crippen LogP contribution < -0.4 is 11.5 Å². The smallest absolute Gasteiger partial charge is 0.422 e. The molecule has 0 saturated heterocycles. The summed E-state index contributed by atoms with van der Waals surface area (Å²) >= 11 is 0. The Morgan fingerprint density at radius 3 is 2.33 bits per heavy atom. The number of carbonyl (C=O) groups excluding carboxylic acids is 1. The van der Waals surface area contributed by atoms with Crippen molar-refractivity contribution in [1.29, 1.82) is 0 Å². The monoisotopic (exact) mass is 228 g/mol. The maximum atomic E-state index is 11.7. The summed E-state index contributed by atoms with van der Waals surface area (Å²) in [6.07, 6.45) is -3.38. The summed E-state index contributed by atoms with van der Waals surface area (Å²) < 4.78 is 39.0. The minimum Gasteiger partial charge on any atom is -0.455 e. The first-order valence-corrected chi connectivity index (χ1v) is 4.52. The Bertz CT molecular complexity index is 209. The van der Waals surface area contributed by atoms with Gasteiger partial charge in [-0.15, -0.1) is 0 Å². The van der Waals surface area contributed by atoms with E-state index in [9.17, 15) is 18.0 Å². The predicted octanol–water partition coefficient (Wildman–Crippen LogP) is 0.547. The molecule has 0 aromatic rings. The van der Waals surface area contributed by atoms with E-state index in [0.29, 0.717) is 12.8 Å². The number of hydrogen-bond acceptors (Lipinski definition) is 4. The summed E-state index contributed by atoms with van der Waals surface area (Å²) in [5.74, 6) is -1.12. The van der Waals surface area contributed by atoms with E-state index in [-0.39, 0.29) is 0 Å². The third kappa shape index (κ3) is 6.29. The summed E-state index contributed by atoms with van der Waals surface area (Å²) in [7, 11) is 0. The van der Waals surface area contributed by atoms with Gasteiger partial charge in [-0.25, -0.2) is 0 Å². The molecule has 0 spiro atoms. The van der Waals surface area contributed by atoms with Crippen LogP contribution in [0, 0.1) is 0 Å². The number of hydrogen-bond donors (Lipinski definition) is 2. The number of halogens is 3. The molecule has 0 aliphatic rings. The summed E-state index contributed by atoms with van der Waals surface area (Å²) in [6.45, 7) is 0.200. The third-order valence-electron chi connectivity index (χ3n) is 1.73. The van der Waals surface area contributed by atoms with E-state index < -0.39 is 30.8 Å².